The zero-order valence-corrected chi connectivity index (χ0v) is 10.8. The Morgan fingerprint density at radius 3 is 1.73 bits per heavy atom. The largest absolute Gasteiger partial charge is 0.550 e. The quantitative estimate of drug-likeness (QED) is 0.669. The molecular formula is C11H25NO3. The Balaban J connectivity index is 0. The molecule has 0 bridgehead atoms. The summed E-state index contributed by atoms with van der Waals surface area (Å²) < 4.78 is 0.844. The number of quaternary nitrogens is 1. The second-order valence-corrected chi connectivity index (χ2v) is 5.26. The van der Waals surface area contributed by atoms with Gasteiger partial charge < -0.3 is 19.5 Å². The first kappa shape index (κ1) is 16.8. The maximum atomic E-state index is 10.1. The van der Waals surface area contributed by atoms with Crippen LogP contribution in [-0.2, 0) is 4.79 Å². The van der Waals surface area contributed by atoms with E-state index in [9.17, 15) is 9.90 Å². The summed E-state index contributed by atoms with van der Waals surface area (Å²) >= 11 is 0. The van der Waals surface area contributed by atoms with Gasteiger partial charge in [-0.2, -0.15) is 0 Å². The van der Waals surface area contributed by atoms with Crippen LogP contribution in [0.15, 0.2) is 0 Å². The van der Waals surface area contributed by atoms with Crippen LogP contribution in [0.5, 0.6) is 0 Å². The molecule has 4 nitrogen and oxygen atoms in total. The Bertz CT molecular complexity index is 183. The van der Waals surface area contributed by atoms with E-state index in [0.717, 1.165) is 11.0 Å². The number of aliphatic carboxylic acids is 1. The van der Waals surface area contributed by atoms with Gasteiger partial charge >= 0.3 is 0 Å². The average molecular weight is 219 g/mol. The van der Waals surface area contributed by atoms with Gasteiger partial charge in [-0.3, -0.25) is 0 Å². The van der Waals surface area contributed by atoms with Gasteiger partial charge in [-0.25, -0.2) is 0 Å². The standard InChI is InChI=1S/C6H12O2.C5H14NO/c1-4-6(2,3)5(7)8;1-6(2,3)4-5-7/h4H2,1-3H3,(H,7,8);7H,4-5H2,1-3H3/q;+1/p-1. The predicted octanol–water partition coefficient (Wildman–Crippen LogP) is -0.143. The van der Waals surface area contributed by atoms with Crippen molar-refractivity contribution in [2.75, 3.05) is 34.3 Å². The lowest BCUT2D eigenvalue weighted by molar-refractivity contribution is -0.870. The molecule has 0 radical (unpaired) electrons. The lowest BCUT2D eigenvalue weighted by Gasteiger charge is -2.22. The third kappa shape index (κ3) is 11.3. The summed E-state index contributed by atoms with van der Waals surface area (Å²) in [6.45, 7) is 6.25. The molecule has 0 aliphatic rings. The molecule has 0 unspecified atom stereocenters. The number of carbonyl (C=O) groups is 1. The van der Waals surface area contributed by atoms with Gasteiger partial charge in [-0.1, -0.05) is 20.8 Å². The molecule has 0 amide bonds. The fraction of sp³-hybridized carbons (Fsp3) is 0.909. The molecule has 1 N–H and O–H groups in total. The Labute approximate surface area is 93.1 Å². The summed E-state index contributed by atoms with van der Waals surface area (Å²) in [6.07, 6.45) is 0.620. The number of carbonyl (C=O) groups excluding carboxylic acids is 1. The highest BCUT2D eigenvalue weighted by molar-refractivity contribution is 5.71. The fourth-order valence-corrected chi connectivity index (χ4v) is 0.444. The SMILES string of the molecule is CCC(C)(C)C(=O)[O-].C[N+](C)(C)CCO. The van der Waals surface area contributed by atoms with Crippen LogP contribution in [0.2, 0.25) is 0 Å². The Kier molecular flexibility index (Phi) is 7.62. The van der Waals surface area contributed by atoms with Crippen molar-refractivity contribution >= 4 is 5.97 Å². The van der Waals surface area contributed by atoms with Crippen LogP contribution in [0.4, 0.5) is 0 Å². The maximum Gasteiger partial charge on any atom is 0.101 e. The number of nitrogens with zero attached hydrogens (tertiary/aromatic N) is 1. The van der Waals surface area contributed by atoms with Crippen molar-refractivity contribution in [3.05, 3.63) is 0 Å². The van der Waals surface area contributed by atoms with E-state index >= 15 is 0 Å². The zero-order chi connectivity index (χ0) is 12.7. The lowest BCUT2D eigenvalue weighted by atomic mass is 9.91. The van der Waals surface area contributed by atoms with E-state index < -0.39 is 11.4 Å². The van der Waals surface area contributed by atoms with Crippen molar-refractivity contribution in [2.45, 2.75) is 27.2 Å². The van der Waals surface area contributed by atoms with Crippen LogP contribution in [0.1, 0.15) is 27.2 Å². The number of likely N-dealkylation sites (N-methyl/N-ethyl adjacent to an activating group) is 1. The van der Waals surface area contributed by atoms with E-state index in [1.54, 1.807) is 13.8 Å². The summed E-state index contributed by atoms with van der Waals surface area (Å²) in [5.41, 5.74) is -0.653. The van der Waals surface area contributed by atoms with E-state index in [-0.39, 0.29) is 6.61 Å². The molecule has 92 valence electrons. The summed E-state index contributed by atoms with van der Waals surface area (Å²) in [5, 5.41) is 18.5. The number of rotatable bonds is 4. The Morgan fingerprint density at radius 1 is 1.33 bits per heavy atom. The molecule has 0 saturated carbocycles. The van der Waals surface area contributed by atoms with Gasteiger partial charge in [0, 0.05) is 11.4 Å². The smallest absolute Gasteiger partial charge is 0.101 e. The molecule has 0 atom stereocenters. The first-order valence-electron chi connectivity index (χ1n) is 5.19. The third-order valence-corrected chi connectivity index (χ3v) is 2.21. The normalized spacial score (nSPS) is 11.7. The van der Waals surface area contributed by atoms with Gasteiger partial charge in [0.2, 0.25) is 0 Å². The minimum atomic E-state index is -0.972. The van der Waals surface area contributed by atoms with Crippen molar-refractivity contribution in [2.24, 2.45) is 5.41 Å². The van der Waals surface area contributed by atoms with Gasteiger partial charge in [0.05, 0.1) is 27.7 Å². The first-order valence-corrected chi connectivity index (χ1v) is 5.19. The highest BCUT2D eigenvalue weighted by Gasteiger charge is 2.15. The Morgan fingerprint density at radius 2 is 1.73 bits per heavy atom. The molecule has 0 rings (SSSR count). The van der Waals surface area contributed by atoms with Crippen LogP contribution < -0.4 is 5.11 Å². The van der Waals surface area contributed by atoms with E-state index in [1.807, 2.05) is 6.92 Å². The maximum absolute atomic E-state index is 10.1. The van der Waals surface area contributed by atoms with Crippen LogP contribution in [-0.4, -0.2) is 49.9 Å². The molecular weight excluding hydrogens is 194 g/mol. The molecule has 0 aliphatic carbocycles. The first-order chi connectivity index (χ1) is 6.56. The molecule has 0 fully saturated rings. The van der Waals surface area contributed by atoms with E-state index in [2.05, 4.69) is 21.1 Å². The van der Waals surface area contributed by atoms with Crippen LogP contribution in [0.3, 0.4) is 0 Å². The molecule has 0 saturated heterocycles. The molecule has 0 spiro atoms. The van der Waals surface area contributed by atoms with Crippen molar-refractivity contribution in [1.82, 2.24) is 0 Å². The molecule has 15 heavy (non-hydrogen) atoms. The predicted molar refractivity (Wildman–Crippen MR) is 59.1 cm³/mol. The van der Waals surface area contributed by atoms with Crippen LogP contribution in [0, 0.1) is 5.41 Å². The van der Waals surface area contributed by atoms with E-state index in [1.165, 1.54) is 0 Å². The molecule has 0 aromatic carbocycles. The topological polar surface area (TPSA) is 60.4 Å². The number of carboxylic acids is 1. The summed E-state index contributed by atoms with van der Waals surface area (Å²) in [6, 6.07) is 0. The lowest BCUT2D eigenvalue weighted by Crippen LogP contribution is -2.37. The second kappa shape index (κ2) is 6.80. The number of hydrogen-bond donors (Lipinski definition) is 1. The van der Waals surface area contributed by atoms with Crippen LogP contribution in [0.25, 0.3) is 0 Å². The van der Waals surface area contributed by atoms with Crippen LogP contribution >= 0.6 is 0 Å². The van der Waals surface area contributed by atoms with Crippen molar-refractivity contribution < 1.29 is 19.5 Å². The highest BCUT2D eigenvalue weighted by atomic mass is 16.4. The molecule has 0 heterocycles. The number of carboxylic acid groups (broad SMARTS) is 1. The van der Waals surface area contributed by atoms with E-state index in [4.69, 9.17) is 5.11 Å². The number of hydrogen-bond acceptors (Lipinski definition) is 3. The van der Waals surface area contributed by atoms with E-state index in [0.29, 0.717) is 6.42 Å². The second-order valence-electron chi connectivity index (χ2n) is 5.26. The molecule has 0 aliphatic heterocycles. The average Bonchev–Trinajstić information content (AvgIpc) is 2.03. The van der Waals surface area contributed by atoms with Gasteiger partial charge in [-0.15, -0.1) is 0 Å². The van der Waals surface area contributed by atoms with Crippen molar-refractivity contribution in [3.63, 3.8) is 0 Å². The number of aliphatic hydroxyl groups is 1. The fourth-order valence-electron chi connectivity index (χ4n) is 0.444. The molecule has 0 aromatic rings. The summed E-state index contributed by atoms with van der Waals surface area (Å²) in [7, 11) is 6.16. The van der Waals surface area contributed by atoms with Gasteiger partial charge in [0.25, 0.3) is 0 Å². The van der Waals surface area contributed by atoms with Gasteiger partial charge in [0.1, 0.15) is 6.54 Å². The summed E-state index contributed by atoms with van der Waals surface area (Å²) in [5.74, 6) is -0.972. The van der Waals surface area contributed by atoms with Gasteiger partial charge in [-0.05, 0) is 6.42 Å². The minimum absolute atomic E-state index is 0.281. The highest BCUT2D eigenvalue weighted by Crippen LogP contribution is 2.17. The van der Waals surface area contributed by atoms with Gasteiger partial charge in [0.15, 0.2) is 0 Å². The summed E-state index contributed by atoms with van der Waals surface area (Å²) in [4.78, 5) is 10.1. The van der Waals surface area contributed by atoms with Crippen molar-refractivity contribution in [1.29, 1.82) is 0 Å². The number of aliphatic hydroxyl groups excluding tert-OH is 1. The minimum Gasteiger partial charge on any atom is -0.550 e. The molecule has 0 aromatic heterocycles. The third-order valence-electron chi connectivity index (χ3n) is 2.21. The van der Waals surface area contributed by atoms with Crippen molar-refractivity contribution in [3.8, 4) is 0 Å². The zero-order valence-electron chi connectivity index (χ0n) is 10.8. The monoisotopic (exact) mass is 219 g/mol. The Hall–Kier alpha value is -0.610. The molecule has 4 heteroatoms.